The number of fused-ring (bicyclic) bond motifs is 1. The zero-order valence-electron chi connectivity index (χ0n) is 17.6. The van der Waals surface area contributed by atoms with Crippen molar-refractivity contribution in [1.29, 1.82) is 0 Å². The summed E-state index contributed by atoms with van der Waals surface area (Å²) in [6.07, 6.45) is 1.05. The van der Waals surface area contributed by atoms with Gasteiger partial charge in [0.25, 0.3) is 0 Å². The molecule has 160 valence electrons. The smallest absolute Gasteiger partial charge is 0.336 e. The molecule has 0 aromatic heterocycles. The van der Waals surface area contributed by atoms with Gasteiger partial charge in [-0.3, -0.25) is 14.6 Å². The van der Waals surface area contributed by atoms with Crippen molar-refractivity contribution in [2.75, 3.05) is 13.7 Å². The molecule has 0 saturated heterocycles. The summed E-state index contributed by atoms with van der Waals surface area (Å²) in [5.74, 6) is -4.88. The topological polar surface area (TPSA) is 82.0 Å². The van der Waals surface area contributed by atoms with Gasteiger partial charge in [-0.05, 0) is 43.4 Å². The molecule has 0 amide bonds. The van der Waals surface area contributed by atoms with Crippen LogP contribution in [0, 0.1) is 23.6 Å². The molecule has 0 unspecified atom stereocenters. The maximum Gasteiger partial charge on any atom is 0.336 e. The van der Waals surface area contributed by atoms with Crippen molar-refractivity contribution in [3.05, 3.63) is 46.9 Å². The van der Waals surface area contributed by atoms with Gasteiger partial charge in [-0.2, -0.15) is 0 Å². The fourth-order valence-corrected chi connectivity index (χ4v) is 4.43. The van der Waals surface area contributed by atoms with Crippen LogP contribution in [-0.2, 0) is 23.9 Å². The minimum atomic E-state index is -0.957. The molecule has 1 saturated carbocycles. The van der Waals surface area contributed by atoms with Crippen LogP contribution in [0.25, 0.3) is 0 Å². The molecule has 1 aromatic carbocycles. The summed E-state index contributed by atoms with van der Waals surface area (Å²) >= 11 is 0. The van der Waals surface area contributed by atoms with Crippen LogP contribution in [0.2, 0.25) is 0 Å². The SMILES string of the molecule is CCCOC(=O)C1=C(C)N=C2C[C@@H](C)[C@H](C(=O)OC)C(=O)[C@@H]2[C@H]1c1cccc(F)c1. The van der Waals surface area contributed by atoms with Gasteiger partial charge in [0.05, 0.1) is 25.2 Å². The Morgan fingerprint density at radius 3 is 2.63 bits per heavy atom. The number of hydrogen-bond donors (Lipinski definition) is 0. The average molecular weight is 415 g/mol. The number of ether oxygens (including phenoxy) is 2. The molecule has 1 aliphatic heterocycles. The average Bonchev–Trinajstić information content (AvgIpc) is 2.70. The van der Waals surface area contributed by atoms with Crippen molar-refractivity contribution in [3.8, 4) is 0 Å². The molecule has 6 nitrogen and oxygen atoms in total. The Hall–Kier alpha value is -2.83. The first kappa shape index (κ1) is 21.9. The number of esters is 2. The normalized spacial score (nSPS) is 26.0. The Bertz CT molecular complexity index is 935. The first-order chi connectivity index (χ1) is 14.3. The van der Waals surface area contributed by atoms with E-state index in [1.54, 1.807) is 19.9 Å². The third kappa shape index (κ3) is 3.93. The first-order valence-electron chi connectivity index (χ1n) is 10.1. The molecular formula is C23H26FNO5. The highest BCUT2D eigenvalue weighted by Gasteiger charge is 2.51. The van der Waals surface area contributed by atoms with E-state index in [0.29, 0.717) is 29.8 Å². The zero-order chi connectivity index (χ0) is 22.0. The molecule has 1 aliphatic carbocycles. The van der Waals surface area contributed by atoms with Gasteiger partial charge in [-0.25, -0.2) is 9.18 Å². The van der Waals surface area contributed by atoms with E-state index < -0.39 is 35.5 Å². The van der Waals surface area contributed by atoms with E-state index in [9.17, 15) is 18.8 Å². The number of halogens is 1. The highest BCUT2D eigenvalue weighted by atomic mass is 19.1. The van der Waals surface area contributed by atoms with E-state index in [4.69, 9.17) is 9.47 Å². The molecule has 3 rings (SSSR count). The molecule has 0 bridgehead atoms. The lowest BCUT2D eigenvalue weighted by Crippen LogP contribution is -2.48. The summed E-state index contributed by atoms with van der Waals surface area (Å²) < 4.78 is 24.3. The number of nitrogens with zero attached hydrogens (tertiary/aromatic N) is 1. The third-order valence-corrected chi connectivity index (χ3v) is 5.74. The van der Waals surface area contributed by atoms with E-state index in [0.717, 1.165) is 0 Å². The van der Waals surface area contributed by atoms with Crippen LogP contribution < -0.4 is 0 Å². The molecule has 0 spiro atoms. The van der Waals surface area contributed by atoms with Crippen LogP contribution in [0.3, 0.4) is 0 Å². The number of hydrogen-bond acceptors (Lipinski definition) is 6. The molecule has 7 heteroatoms. The molecule has 0 N–H and O–H groups in total. The molecule has 2 aliphatic rings. The predicted molar refractivity (Wildman–Crippen MR) is 108 cm³/mol. The molecule has 1 fully saturated rings. The quantitative estimate of drug-likeness (QED) is 0.542. The van der Waals surface area contributed by atoms with Crippen molar-refractivity contribution >= 4 is 23.4 Å². The third-order valence-electron chi connectivity index (χ3n) is 5.74. The lowest BCUT2D eigenvalue weighted by Gasteiger charge is -2.40. The standard InChI is InChI=1S/C23H26FNO5/c1-5-9-30-23(28)18-13(3)25-16-10-12(2)17(22(27)29-4)21(26)20(16)19(18)14-7-6-8-15(24)11-14/h6-8,11-12,17,19-20H,5,9-10H2,1-4H3/t12-,17+,19+,20+/m1/s1. The Morgan fingerprint density at radius 2 is 2.00 bits per heavy atom. The Labute approximate surface area is 175 Å². The molecule has 1 heterocycles. The second-order valence-electron chi connectivity index (χ2n) is 7.83. The van der Waals surface area contributed by atoms with Gasteiger partial charge in [0, 0.05) is 17.3 Å². The van der Waals surface area contributed by atoms with Gasteiger partial charge in [-0.15, -0.1) is 0 Å². The first-order valence-corrected chi connectivity index (χ1v) is 10.1. The number of Topliss-reactive ketones (excluding diaryl/α,β-unsaturated/α-hetero) is 1. The maximum atomic E-state index is 14.1. The fourth-order valence-electron chi connectivity index (χ4n) is 4.43. The molecule has 4 atom stereocenters. The maximum absolute atomic E-state index is 14.1. The molecule has 1 aromatic rings. The summed E-state index contributed by atoms with van der Waals surface area (Å²) in [7, 11) is 1.24. The highest BCUT2D eigenvalue weighted by molar-refractivity contribution is 6.17. The summed E-state index contributed by atoms with van der Waals surface area (Å²) in [4.78, 5) is 43.3. The Kier molecular flexibility index (Phi) is 6.48. The predicted octanol–water partition coefficient (Wildman–Crippen LogP) is 3.61. The van der Waals surface area contributed by atoms with Crippen molar-refractivity contribution in [1.82, 2.24) is 0 Å². The second kappa shape index (κ2) is 8.90. The van der Waals surface area contributed by atoms with Crippen molar-refractivity contribution in [2.45, 2.75) is 39.5 Å². The van der Waals surface area contributed by atoms with Crippen molar-refractivity contribution < 1.29 is 28.2 Å². The summed E-state index contributed by atoms with van der Waals surface area (Å²) in [6, 6.07) is 5.82. The van der Waals surface area contributed by atoms with Gasteiger partial charge in [0.15, 0.2) is 5.78 Å². The largest absolute Gasteiger partial charge is 0.468 e. The van der Waals surface area contributed by atoms with Crippen LogP contribution in [0.15, 0.2) is 40.5 Å². The lowest BCUT2D eigenvalue weighted by molar-refractivity contribution is -0.152. The second-order valence-corrected chi connectivity index (χ2v) is 7.83. The zero-order valence-corrected chi connectivity index (χ0v) is 17.6. The van der Waals surface area contributed by atoms with Gasteiger partial charge >= 0.3 is 11.9 Å². The molecule has 0 radical (unpaired) electrons. The minimum Gasteiger partial charge on any atom is -0.468 e. The van der Waals surface area contributed by atoms with Crippen LogP contribution >= 0.6 is 0 Å². The summed E-state index contributed by atoms with van der Waals surface area (Å²) in [5, 5.41) is 0. The van der Waals surface area contributed by atoms with Crippen LogP contribution in [-0.4, -0.2) is 37.2 Å². The van der Waals surface area contributed by atoms with E-state index in [-0.39, 0.29) is 23.9 Å². The molecule has 30 heavy (non-hydrogen) atoms. The van der Waals surface area contributed by atoms with Gasteiger partial charge in [0.1, 0.15) is 11.7 Å². The number of benzene rings is 1. The van der Waals surface area contributed by atoms with Gasteiger partial charge in [-0.1, -0.05) is 26.0 Å². The summed E-state index contributed by atoms with van der Waals surface area (Å²) in [5.41, 5.74) is 1.76. The Balaban J connectivity index is 2.16. The highest BCUT2D eigenvalue weighted by Crippen LogP contribution is 2.45. The number of allylic oxidation sites excluding steroid dienone is 1. The van der Waals surface area contributed by atoms with Crippen molar-refractivity contribution in [2.24, 2.45) is 22.7 Å². The number of carbonyl (C=O) groups excluding carboxylic acids is 3. The molecular weight excluding hydrogens is 389 g/mol. The Morgan fingerprint density at radius 1 is 1.27 bits per heavy atom. The minimum absolute atomic E-state index is 0.225. The number of aliphatic imine (C=N–C) groups is 1. The number of rotatable bonds is 5. The number of methoxy groups -OCH3 is 1. The van der Waals surface area contributed by atoms with E-state index in [1.165, 1.54) is 25.3 Å². The van der Waals surface area contributed by atoms with Crippen molar-refractivity contribution in [3.63, 3.8) is 0 Å². The van der Waals surface area contributed by atoms with Crippen LogP contribution in [0.4, 0.5) is 4.39 Å². The van der Waals surface area contributed by atoms with Crippen LogP contribution in [0.1, 0.15) is 45.1 Å². The fraction of sp³-hybridized carbons (Fsp3) is 0.478. The lowest BCUT2D eigenvalue weighted by atomic mass is 9.64. The van der Waals surface area contributed by atoms with Gasteiger partial charge < -0.3 is 9.47 Å². The van der Waals surface area contributed by atoms with E-state index >= 15 is 0 Å². The number of ketones is 1. The van der Waals surface area contributed by atoms with Gasteiger partial charge in [0.2, 0.25) is 0 Å². The summed E-state index contributed by atoms with van der Waals surface area (Å²) in [6.45, 7) is 5.60. The van der Waals surface area contributed by atoms with E-state index in [2.05, 4.69) is 4.99 Å². The number of carbonyl (C=O) groups is 3. The monoisotopic (exact) mass is 415 g/mol. The van der Waals surface area contributed by atoms with E-state index in [1.807, 2.05) is 6.92 Å². The van der Waals surface area contributed by atoms with Crippen LogP contribution in [0.5, 0.6) is 0 Å².